The van der Waals surface area contributed by atoms with Crippen molar-refractivity contribution in [2.45, 2.75) is 19.1 Å². The second-order valence-electron chi connectivity index (χ2n) is 8.77. The van der Waals surface area contributed by atoms with E-state index in [1.807, 2.05) is 30.3 Å². The molecular weight excluding hydrogens is 529 g/mol. The molecule has 0 spiro atoms. The minimum absolute atomic E-state index is 0.119. The number of fused-ring (bicyclic) bond motifs is 1. The Hall–Kier alpha value is -4.08. The molecule has 2 amide bonds. The van der Waals surface area contributed by atoms with Crippen LogP contribution in [-0.2, 0) is 11.3 Å². The molecule has 38 heavy (non-hydrogen) atoms. The number of likely N-dealkylation sites (tertiary alicyclic amines) is 1. The van der Waals surface area contributed by atoms with Crippen LogP contribution in [0.4, 0.5) is 10.5 Å². The lowest BCUT2D eigenvalue weighted by molar-refractivity contribution is 0.102. The van der Waals surface area contributed by atoms with E-state index >= 15 is 0 Å². The van der Waals surface area contributed by atoms with Crippen molar-refractivity contribution in [2.75, 3.05) is 23.8 Å². The average molecular weight is 552 g/mol. The summed E-state index contributed by atoms with van der Waals surface area (Å²) in [5.74, 6) is -0.663. The number of benzene rings is 2. The fourth-order valence-corrected chi connectivity index (χ4v) is 4.75. The number of anilines is 1. The van der Waals surface area contributed by atoms with Crippen molar-refractivity contribution in [1.29, 1.82) is 0 Å². The van der Waals surface area contributed by atoms with Gasteiger partial charge in [0, 0.05) is 25.5 Å². The first kappa shape index (κ1) is 25.6. The summed E-state index contributed by atoms with van der Waals surface area (Å²) < 4.78 is 6.99. The van der Waals surface area contributed by atoms with Gasteiger partial charge in [0.2, 0.25) is 5.43 Å². The molecule has 1 atom stereocenters. The monoisotopic (exact) mass is 551 g/mol. The molecule has 1 saturated heterocycles. The molecule has 1 fully saturated rings. The SMILES string of the molecule is O=C(Nc1c(Cl)cccc1Cl)c1cn(N[C@H]2CCN(C(=O)OCc3ccccc3)C2)c2ncccc2c1=O. The van der Waals surface area contributed by atoms with Crippen LogP contribution in [-0.4, -0.2) is 45.7 Å². The lowest BCUT2D eigenvalue weighted by atomic mass is 10.2. The third kappa shape index (κ3) is 5.44. The second-order valence-corrected chi connectivity index (χ2v) is 9.58. The number of carbonyl (C=O) groups is 2. The van der Waals surface area contributed by atoms with Crippen LogP contribution in [0.25, 0.3) is 11.0 Å². The molecule has 3 heterocycles. The molecule has 1 aliphatic heterocycles. The Morgan fingerprint density at radius 3 is 2.55 bits per heavy atom. The van der Waals surface area contributed by atoms with Gasteiger partial charge in [0.15, 0.2) is 5.65 Å². The smallest absolute Gasteiger partial charge is 0.410 e. The van der Waals surface area contributed by atoms with E-state index in [2.05, 4.69) is 15.7 Å². The molecule has 11 heteroatoms. The zero-order valence-electron chi connectivity index (χ0n) is 20.1. The first-order chi connectivity index (χ1) is 18.4. The number of hydrogen-bond acceptors (Lipinski definition) is 6. The van der Waals surface area contributed by atoms with Gasteiger partial charge in [-0.05, 0) is 36.2 Å². The van der Waals surface area contributed by atoms with E-state index in [0.29, 0.717) is 25.2 Å². The Morgan fingerprint density at radius 2 is 1.79 bits per heavy atom. The Bertz CT molecular complexity index is 1540. The molecule has 0 saturated carbocycles. The second kappa shape index (κ2) is 11.1. The molecule has 2 N–H and O–H groups in total. The minimum atomic E-state index is -0.663. The van der Waals surface area contributed by atoms with Crippen molar-refractivity contribution in [3.63, 3.8) is 0 Å². The zero-order chi connectivity index (χ0) is 26.6. The summed E-state index contributed by atoms with van der Waals surface area (Å²) in [5.41, 5.74) is 4.16. The van der Waals surface area contributed by atoms with E-state index < -0.39 is 17.4 Å². The first-order valence-electron chi connectivity index (χ1n) is 11.9. The Labute approximate surface area is 227 Å². The van der Waals surface area contributed by atoms with E-state index in [4.69, 9.17) is 27.9 Å². The summed E-state index contributed by atoms with van der Waals surface area (Å²) in [6.07, 6.45) is 3.19. The van der Waals surface area contributed by atoms with Crippen molar-refractivity contribution >= 4 is 51.9 Å². The topological polar surface area (TPSA) is 106 Å². The fourth-order valence-electron chi connectivity index (χ4n) is 4.26. The highest BCUT2D eigenvalue weighted by atomic mass is 35.5. The number of rotatable bonds is 6. The predicted octanol–water partition coefficient (Wildman–Crippen LogP) is 4.91. The van der Waals surface area contributed by atoms with E-state index in [-0.39, 0.29) is 39.3 Å². The highest BCUT2D eigenvalue weighted by Gasteiger charge is 2.28. The number of carbonyl (C=O) groups excluding carboxylic acids is 2. The number of amides is 2. The van der Waals surface area contributed by atoms with E-state index in [9.17, 15) is 14.4 Å². The summed E-state index contributed by atoms with van der Waals surface area (Å²) in [6.45, 7) is 1.07. The molecule has 0 radical (unpaired) electrons. The van der Waals surface area contributed by atoms with Gasteiger partial charge in [-0.25, -0.2) is 14.5 Å². The average Bonchev–Trinajstić information content (AvgIpc) is 3.40. The Kier molecular flexibility index (Phi) is 7.48. The number of nitrogens with zero attached hydrogens (tertiary/aromatic N) is 3. The van der Waals surface area contributed by atoms with Gasteiger partial charge in [0.05, 0.1) is 27.2 Å². The quantitative estimate of drug-likeness (QED) is 0.352. The zero-order valence-corrected chi connectivity index (χ0v) is 21.6. The van der Waals surface area contributed by atoms with Gasteiger partial charge in [0.1, 0.15) is 12.2 Å². The molecule has 0 unspecified atom stereocenters. The highest BCUT2D eigenvalue weighted by Crippen LogP contribution is 2.30. The lowest BCUT2D eigenvalue weighted by Crippen LogP contribution is -2.36. The molecule has 5 rings (SSSR count). The third-order valence-corrected chi connectivity index (χ3v) is 6.81. The van der Waals surface area contributed by atoms with Crippen molar-refractivity contribution < 1.29 is 14.3 Å². The van der Waals surface area contributed by atoms with Crippen LogP contribution in [0.1, 0.15) is 22.3 Å². The summed E-state index contributed by atoms with van der Waals surface area (Å²) in [6, 6.07) is 17.4. The van der Waals surface area contributed by atoms with Crippen LogP contribution in [0.3, 0.4) is 0 Å². The number of aromatic nitrogens is 2. The van der Waals surface area contributed by atoms with Gasteiger partial charge in [-0.15, -0.1) is 0 Å². The third-order valence-electron chi connectivity index (χ3n) is 6.18. The number of pyridine rings is 2. The van der Waals surface area contributed by atoms with Crippen molar-refractivity contribution in [1.82, 2.24) is 14.6 Å². The van der Waals surface area contributed by atoms with Gasteiger partial charge in [0.25, 0.3) is 5.91 Å². The van der Waals surface area contributed by atoms with Crippen LogP contribution in [0.5, 0.6) is 0 Å². The van der Waals surface area contributed by atoms with Crippen LogP contribution >= 0.6 is 23.2 Å². The van der Waals surface area contributed by atoms with Crippen LogP contribution in [0, 0.1) is 0 Å². The van der Waals surface area contributed by atoms with Crippen molar-refractivity contribution in [2.24, 2.45) is 0 Å². The van der Waals surface area contributed by atoms with Gasteiger partial charge in [-0.1, -0.05) is 59.6 Å². The Balaban J connectivity index is 1.34. The molecule has 0 bridgehead atoms. The summed E-state index contributed by atoms with van der Waals surface area (Å²) in [7, 11) is 0. The largest absolute Gasteiger partial charge is 0.445 e. The van der Waals surface area contributed by atoms with Crippen molar-refractivity contribution in [3.8, 4) is 0 Å². The normalized spacial score (nSPS) is 14.9. The fraction of sp³-hybridized carbons (Fsp3) is 0.185. The van der Waals surface area contributed by atoms with Crippen LogP contribution < -0.4 is 16.2 Å². The van der Waals surface area contributed by atoms with E-state index in [1.165, 1.54) is 6.20 Å². The maximum Gasteiger partial charge on any atom is 0.410 e. The number of nitrogens with one attached hydrogen (secondary N) is 2. The van der Waals surface area contributed by atoms with E-state index in [0.717, 1.165) is 5.56 Å². The highest BCUT2D eigenvalue weighted by molar-refractivity contribution is 6.40. The summed E-state index contributed by atoms with van der Waals surface area (Å²) >= 11 is 12.4. The molecule has 4 aromatic rings. The van der Waals surface area contributed by atoms with E-state index in [1.54, 1.807) is 46.1 Å². The van der Waals surface area contributed by atoms with Crippen LogP contribution in [0.15, 0.2) is 77.9 Å². The van der Waals surface area contributed by atoms with Gasteiger partial charge in [-0.2, -0.15) is 0 Å². The summed E-state index contributed by atoms with van der Waals surface area (Å²) in [4.78, 5) is 44.9. The first-order valence-corrected chi connectivity index (χ1v) is 12.6. The number of ether oxygens (including phenoxy) is 1. The molecule has 194 valence electrons. The number of halogens is 2. The molecule has 2 aromatic heterocycles. The predicted molar refractivity (Wildman–Crippen MR) is 146 cm³/mol. The molecule has 0 aliphatic carbocycles. The molecule has 9 nitrogen and oxygen atoms in total. The maximum absolute atomic E-state index is 13.2. The van der Waals surface area contributed by atoms with Gasteiger partial charge < -0.3 is 20.4 Å². The summed E-state index contributed by atoms with van der Waals surface area (Å²) in [5, 5.41) is 3.39. The standard InChI is InChI=1S/C27H23Cl2N5O4/c28-21-9-4-10-22(29)23(21)31-26(36)20-15-34(25-19(24(20)35)8-5-12-30-25)32-18-11-13-33(14-18)27(37)38-16-17-6-2-1-3-7-17/h1-10,12,15,18,32H,11,13-14,16H2,(H,31,36)/t18-/m0/s1. The van der Waals surface area contributed by atoms with Crippen molar-refractivity contribution in [3.05, 3.63) is 104 Å². The lowest BCUT2D eigenvalue weighted by Gasteiger charge is -2.20. The number of hydrogen-bond donors (Lipinski definition) is 2. The molecular formula is C27H23Cl2N5O4. The maximum atomic E-state index is 13.2. The molecule has 1 aliphatic rings. The minimum Gasteiger partial charge on any atom is -0.445 e. The molecule has 2 aromatic carbocycles. The van der Waals surface area contributed by atoms with Gasteiger partial charge >= 0.3 is 6.09 Å². The van der Waals surface area contributed by atoms with Gasteiger partial charge in [-0.3, -0.25) is 9.59 Å². The number of para-hydroxylation sites is 1. The van der Waals surface area contributed by atoms with Crippen LogP contribution in [0.2, 0.25) is 10.0 Å². The Morgan fingerprint density at radius 1 is 1.03 bits per heavy atom.